The molecule has 4 atom stereocenters. The van der Waals surface area contributed by atoms with E-state index in [2.05, 4.69) is 21.8 Å². The minimum atomic E-state index is -0.245. The van der Waals surface area contributed by atoms with Crippen molar-refractivity contribution in [3.05, 3.63) is 83.0 Å². The van der Waals surface area contributed by atoms with Gasteiger partial charge >= 0.3 is 0 Å². The molecule has 1 aliphatic heterocycles. The van der Waals surface area contributed by atoms with Crippen molar-refractivity contribution in [1.29, 1.82) is 0 Å². The van der Waals surface area contributed by atoms with Gasteiger partial charge in [0.2, 0.25) is 0 Å². The maximum Gasteiger partial charge on any atom is 0.254 e. The lowest BCUT2D eigenvalue weighted by atomic mass is 9.63. The van der Waals surface area contributed by atoms with E-state index >= 15 is 0 Å². The lowest BCUT2D eigenvalue weighted by molar-refractivity contribution is -0.140. The van der Waals surface area contributed by atoms with Crippen LogP contribution in [-0.2, 0) is 16.1 Å². The molecule has 1 saturated heterocycles. The van der Waals surface area contributed by atoms with Gasteiger partial charge in [0, 0.05) is 34.2 Å². The van der Waals surface area contributed by atoms with Gasteiger partial charge in [-0.1, -0.05) is 60.2 Å². The van der Waals surface area contributed by atoms with E-state index in [1.165, 1.54) is 0 Å². The average Bonchev–Trinajstić information content (AvgIpc) is 3.31. The summed E-state index contributed by atoms with van der Waals surface area (Å²) in [5.41, 5.74) is 2.93. The number of imide groups is 1. The Bertz CT molecular complexity index is 1280. The predicted molar refractivity (Wildman–Crippen MR) is 124 cm³/mol. The smallest absolute Gasteiger partial charge is 0.254 e. The zero-order valence-corrected chi connectivity index (χ0v) is 18.2. The van der Waals surface area contributed by atoms with Crippen LogP contribution in [0.25, 0.3) is 10.9 Å². The number of amides is 2. The molecule has 32 heavy (non-hydrogen) atoms. The maximum atomic E-state index is 13.0. The summed E-state index contributed by atoms with van der Waals surface area (Å²) in [7, 11) is 0. The van der Waals surface area contributed by atoms with Gasteiger partial charge in [-0.2, -0.15) is 10.1 Å². The molecule has 1 saturated carbocycles. The average molecular weight is 444 g/mol. The molecule has 2 heterocycles. The Kier molecular flexibility index (Phi) is 4.54. The van der Waals surface area contributed by atoms with Crippen LogP contribution in [0.15, 0.2) is 72.0 Å². The second-order valence-electron chi connectivity index (χ2n) is 8.90. The molecule has 7 rings (SSSR count). The summed E-state index contributed by atoms with van der Waals surface area (Å²) >= 11 is 6.37. The first-order valence-corrected chi connectivity index (χ1v) is 11.4. The van der Waals surface area contributed by atoms with Gasteiger partial charge in [0.15, 0.2) is 0 Å². The van der Waals surface area contributed by atoms with Crippen molar-refractivity contribution in [3.63, 3.8) is 0 Å². The van der Waals surface area contributed by atoms with E-state index in [9.17, 15) is 9.59 Å². The van der Waals surface area contributed by atoms with Gasteiger partial charge in [0.25, 0.3) is 11.8 Å². The van der Waals surface area contributed by atoms with Crippen molar-refractivity contribution in [1.82, 2.24) is 9.58 Å². The highest BCUT2D eigenvalue weighted by Crippen LogP contribution is 2.49. The first-order valence-electron chi connectivity index (χ1n) is 11.0. The molecule has 0 unspecified atom stereocenters. The van der Waals surface area contributed by atoms with Crippen LogP contribution >= 0.6 is 11.6 Å². The van der Waals surface area contributed by atoms with Gasteiger partial charge in [-0.3, -0.25) is 9.59 Å². The van der Waals surface area contributed by atoms with E-state index in [1.807, 2.05) is 54.7 Å². The number of hydrogen-bond donors (Lipinski definition) is 0. The number of allylic oxidation sites excluding steroid dienone is 2. The molecule has 5 nitrogen and oxygen atoms in total. The second-order valence-corrected chi connectivity index (χ2v) is 9.30. The van der Waals surface area contributed by atoms with E-state index in [-0.39, 0.29) is 35.5 Å². The first kappa shape index (κ1) is 19.5. The predicted octanol–water partition coefficient (Wildman–Crippen LogP) is 4.87. The fraction of sp³-hybridized carbons (Fsp3) is 0.269. The molecule has 2 bridgehead atoms. The summed E-state index contributed by atoms with van der Waals surface area (Å²) in [6, 6.07) is 15.8. The Balaban J connectivity index is 1.33. The zero-order valence-electron chi connectivity index (χ0n) is 17.4. The van der Waals surface area contributed by atoms with Gasteiger partial charge in [-0.05, 0) is 42.4 Å². The molecule has 0 spiro atoms. The van der Waals surface area contributed by atoms with Crippen LogP contribution in [0, 0.1) is 23.7 Å². The third-order valence-electron chi connectivity index (χ3n) is 7.17. The Morgan fingerprint density at radius 1 is 0.938 bits per heavy atom. The van der Waals surface area contributed by atoms with Crippen LogP contribution in [0.4, 0.5) is 0 Å². The molecule has 4 aliphatic rings. The molecule has 2 fully saturated rings. The molecule has 1 aromatic heterocycles. The van der Waals surface area contributed by atoms with Crippen molar-refractivity contribution in [2.24, 2.45) is 28.8 Å². The summed E-state index contributed by atoms with van der Waals surface area (Å²) in [6.45, 7) is 0.620. The SMILES string of the molecule is O=C1[C@@H]2[C@H](C(=O)N1/N=C\c1cn(Cc3ccccc3Cl)c3ccccc13)[C@@H]1C=C[C@@H]2CC1. The molecule has 0 N–H and O–H groups in total. The second kappa shape index (κ2) is 7.45. The largest absolute Gasteiger partial charge is 0.342 e. The van der Waals surface area contributed by atoms with Crippen molar-refractivity contribution in [3.8, 4) is 0 Å². The first-order chi connectivity index (χ1) is 15.6. The van der Waals surface area contributed by atoms with Crippen LogP contribution in [0.1, 0.15) is 24.0 Å². The summed E-state index contributed by atoms with van der Waals surface area (Å²) in [5, 5.41) is 7.26. The third-order valence-corrected chi connectivity index (χ3v) is 7.54. The van der Waals surface area contributed by atoms with Gasteiger partial charge in [0.1, 0.15) is 0 Å². The lowest BCUT2D eigenvalue weighted by Gasteiger charge is -2.37. The number of para-hydroxylation sites is 1. The number of halogens is 1. The van der Waals surface area contributed by atoms with E-state index in [0.717, 1.165) is 44.9 Å². The molecular weight excluding hydrogens is 422 g/mol. The van der Waals surface area contributed by atoms with E-state index < -0.39 is 0 Å². The number of benzene rings is 2. The molecular formula is C26H22ClN3O2. The van der Waals surface area contributed by atoms with E-state index in [0.29, 0.717) is 6.54 Å². The molecule has 3 aliphatic carbocycles. The highest BCUT2D eigenvalue weighted by atomic mass is 35.5. The number of carbonyl (C=O) groups is 2. The fourth-order valence-corrected chi connectivity index (χ4v) is 5.81. The van der Waals surface area contributed by atoms with E-state index in [4.69, 9.17) is 11.6 Å². The number of fused-ring (bicyclic) bond motifs is 2. The van der Waals surface area contributed by atoms with Crippen molar-refractivity contribution in [2.75, 3.05) is 0 Å². The van der Waals surface area contributed by atoms with Crippen molar-refractivity contribution < 1.29 is 9.59 Å². The lowest BCUT2D eigenvalue weighted by Crippen LogP contribution is -2.38. The summed E-state index contributed by atoms with van der Waals surface area (Å²) in [5.74, 6) is -0.474. The third kappa shape index (κ3) is 2.95. The van der Waals surface area contributed by atoms with Crippen molar-refractivity contribution in [2.45, 2.75) is 19.4 Å². The Morgan fingerprint density at radius 2 is 1.59 bits per heavy atom. The van der Waals surface area contributed by atoms with Gasteiger partial charge in [0.05, 0.1) is 18.1 Å². The summed E-state index contributed by atoms with van der Waals surface area (Å²) in [6.07, 6.45) is 9.85. The Morgan fingerprint density at radius 3 is 2.28 bits per heavy atom. The molecule has 0 radical (unpaired) electrons. The molecule has 160 valence electrons. The molecule has 3 aromatic rings. The molecule has 2 aromatic carbocycles. The van der Waals surface area contributed by atoms with Gasteiger partial charge < -0.3 is 4.57 Å². The number of nitrogens with zero attached hydrogens (tertiary/aromatic N) is 3. The highest BCUT2D eigenvalue weighted by Gasteiger charge is 2.56. The quantitative estimate of drug-likeness (QED) is 0.328. The summed E-state index contributed by atoms with van der Waals surface area (Å²) in [4.78, 5) is 26.1. The van der Waals surface area contributed by atoms with Crippen LogP contribution in [0.3, 0.4) is 0 Å². The van der Waals surface area contributed by atoms with Crippen LogP contribution in [0.2, 0.25) is 5.02 Å². The Labute approximate surface area is 191 Å². The summed E-state index contributed by atoms with van der Waals surface area (Å²) < 4.78 is 2.12. The number of rotatable bonds is 4. The van der Waals surface area contributed by atoms with E-state index in [1.54, 1.807) is 6.21 Å². The highest BCUT2D eigenvalue weighted by molar-refractivity contribution is 6.31. The van der Waals surface area contributed by atoms with Crippen LogP contribution in [0.5, 0.6) is 0 Å². The number of hydrogen-bond acceptors (Lipinski definition) is 3. The molecule has 6 heteroatoms. The number of carbonyl (C=O) groups excluding carboxylic acids is 2. The zero-order chi connectivity index (χ0) is 21.8. The number of aromatic nitrogens is 1. The Hall–Kier alpha value is -3.18. The standard InChI is InChI=1S/C26H22ClN3O2/c27-21-7-3-1-5-18(21)14-29-15-19(20-6-2-4-8-22(20)29)13-28-30-25(31)23-16-9-10-17(12-11-16)24(23)26(30)32/h1-10,13,15-17,23-24H,11-12,14H2/b28-13-/t16-,17-,23-,24+/m1/s1. The van der Waals surface area contributed by atoms with Crippen molar-refractivity contribution >= 4 is 40.5 Å². The topological polar surface area (TPSA) is 54.7 Å². The van der Waals surface area contributed by atoms with Gasteiger partial charge in [-0.25, -0.2) is 0 Å². The van der Waals surface area contributed by atoms with Crippen LogP contribution < -0.4 is 0 Å². The normalized spacial score (nSPS) is 26.6. The van der Waals surface area contributed by atoms with Gasteiger partial charge in [-0.15, -0.1) is 0 Å². The molecule has 2 amide bonds. The minimum absolute atomic E-state index is 0.157. The minimum Gasteiger partial charge on any atom is -0.342 e. The fourth-order valence-electron chi connectivity index (χ4n) is 5.61. The number of hydrazone groups is 1. The maximum absolute atomic E-state index is 13.0. The monoisotopic (exact) mass is 443 g/mol. The van der Waals surface area contributed by atoms with Crippen LogP contribution in [-0.4, -0.2) is 27.6 Å².